The minimum absolute atomic E-state index is 0.165. The standard InChI is InChI=1S/C13H20N2O2/c1-2-7-16-12(5-1)11-9-17-13(15-11)8-10-4-3-6-14-10/h9-10,12,14H,1-8H2. The van der Waals surface area contributed by atoms with E-state index in [1.54, 1.807) is 6.26 Å². The molecular weight excluding hydrogens is 216 g/mol. The molecule has 1 N–H and O–H groups in total. The van der Waals surface area contributed by atoms with E-state index in [1.165, 1.54) is 25.7 Å². The molecule has 17 heavy (non-hydrogen) atoms. The van der Waals surface area contributed by atoms with Gasteiger partial charge in [0.25, 0.3) is 0 Å². The van der Waals surface area contributed by atoms with Gasteiger partial charge in [-0.15, -0.1) is 0 Å². The third-order valence-electron chi connectivity index (χ3n) is 3.66. The van der Waals surface area contributed by atoms with Crippen molar-refractivity contribution in [3.8, 4) is 0 Å². The average Bonchev–Trinajstić information content (AvgIpc) is 3.02. The summed E-state index contributed by atoms with van der Waals surface area (Å²) in [6.07, 6.45) is 8.84. The van der Waals surface area contributed by atoms with Crippen LogP contribution in [0.2, 0.25) is 0 Å². The molecule has 1 aromatic rings. The number of hydrogen-bond donors (Lipinski definition) is 1. The minimum atomic E-state index is 0.165. The van der Waals surface area contributed by atoms with E-state index in [1.807, 2.05) is 0 Å². The van der Waals surface area contributed by atoms with Crippen molar-refractivity contribution < 1.29 is 9.15 Å². The number of oxazole rings is 1. The zero-order chi connectivity index (χ0) is 11.5. The summed E-state index contributed by atoms with van der Waals surface area (Å²) in [5, 5.41) is 3.46. The monoisotopic (exact) mass is 236 g/mol. The Hall–Kier alpha value is -0.870. The van der Waals surface area contributed by atoms with Gasteiger partial charge in [0, 0.05) is 19.1 Å². The van der Waals surface area contributed by atoms with Crippen molar-refractivity contribution in [1.82, 2.24) is 10.3 Å². The largest absolute Gasteiger partial charge is 0.449 e. The first-order valence-corrected chi connectivity index (χ1v) is 6.71. The first-order chi connectivity index (χ1) is 8.42. The Morgan fingerprint density at radius 3 is 3.06 bits per heavy atom. The van der Waals surface area contributed by atoms with Crippen molar-refractivity contribution in [2.75, 3.05) is 13.2 Å². The van der Waals surface area contributed by atoms with Gasteiger partial charge in [0.15, 0.2) is 5.89 Å². The summed E-state index contributed by atoms with van der Waals surface area (Å²) in [5.41, 5.74) is 0.984. The van der Waals surface area contributed by atoms with E-state index in [2.05, 4.69) is 10.3 Å². The summed E-state index contributed by atoms with van der Waals surface area (Å²) in [5.74, 6) is 0.855. The van der Waals surface area contributed by atoms with Crippen molar-refractivity contribution in [2.45, 2.75) is 50.7 Å². The Morgan fingerprint density at radius 1 is 1.29 bits per heavy atom. The van der Waals surface area contributed by atoms with Crippen LogP contribution >= 0.6 is 0 Å². The lowest BCUT2D eigenvalue weighted by Crippen LogP contribution is -2.23. The highest BCUT2D eigenvalue weighted by Crippen LogP contribution is 2.27. The molecule has 0 bridgehead atoms. The normalized spacial score (nSPS) is 29.6. The summed E-state index contributed by atoms with van der Waals surface area (Å²) in [4.78, 5) is 4.57. The second-order valence-corrected chi connectivity index (χ2v) is 5.02. The fourth-order valence-corrected chi connectivity index (χ4v) is 2.68. The van der Waals surface area contributed by atoms with Gasteiger partial charge in [0.1, 0.15) is 18.1 Å². The SMILES string of the molecule is c1oc(CC2CCCN2)nc1C1CCCCO1. The maximum absolute atomic E-state index is 5.71. The van der Waals surface area contributed by atoms with Gasteiger partial charge in [-0.1, -0.05) is 0 Å². The quantitative estimate of drug-likeness (QED) is 0.874. The van der Waals surface area contributed by atoms with E-state index >= 15 is 0 Å². The predicted octanol–water partition coefficient (Wildman–Crippen LogP) is 2.21. The molecule has 0 amide bonds. The first kappa shape index (κ1) is 11.2. The third kappa shape index (κ3) is 2.69. The Morgan fingerprint density at radius 2 is 2.29 bits per heavy atom. The first-order valence-electron chi connectivity index (χ1n) is 6.71. The molecular formula is C13H20N2O2. The molecule has 3 heterocycles. The molecule has 2 saturated heterocycles. The predicted molar refractivity (Wildman–Crippen MR) is 63.8 cm³/mol. The van der Waals surface area contributed by atoms with Crippen LogP contribution in [0.15, 0.2) is 10.7 Å². The van der Waals surface area contributed by atoms with Crippen LogP contribution in [0.4, 0.5) is 0 Å². The van der Waals surface area contributed by atoms with E-state index in [0.717, 1.165) is 37.6 Å². The minimum Gasteiger partial charge on any atom is -0.449 e. The van der Waals surface area contributed by atoms with Gasteiger partial charge in [-0.3, -0.25) is 0 Å². The second-order valence-electron chi connectivity index (χ2n) is 5.02. The third-order valence-corrected chi connectivity index (χ3v) is 3.66. The summed E-state index contributed by atoms with van der Waals surface area (Å²) < 4.78 is 11.3. The number of nitrogens with zero attached hydrogens (tertiary/aromatic N) is 1. The highest BCUT2D eigenvalue weighted by Gasteiger charge is 2.22. The highest BCUT2D eigenvalue weighted by molar-refractivity contribution is 5.03. The molecule has 2 aliphatic rings. The number of ether oxygens (including phenoxy) is 1. The maximum Gasteiger partial charge on any atom is 0.195 e. The van der Waals surface area contributed by atoms with Crippen molar-refractivity contribution in [3.63, 3.8) is 0 Å². The molecule has 2 unspecified atom stereocenters. The molecule has 94 valence electrons. The van der Waals surface area contributed by atoms with Crippen LogP contribution in [0.3, 0.4) is 0 Å². The molecule has 0 radical (unpaired) electrons. The van der Waals surface area contributed by atoms with Crippen LogP contribution < -0.4 is 5.32 Å². The van der Waals surface area contributed by atoms with Crippen molar-refractivity contribution in [3.05, 3.63) is 17.8 Å². The van der Waals surface area contributed by atoms with Gasteiger partial charge in [0.05, 0.1) is 0 Å². The number of hydrogen-bond acceptors (Lipinski definition) is 4. The molecule has 2 atom stereocenters. The number of rotatable bonds is 3. The summed E-state index contributed by atoms with van der Waals surface area (Å²) in [6.45, 7) is 1.99. The van der Waals surface area contributed by atoms with E-state index in [4.69, 9.17) is 9.15 Å². The molecule has 0 aliphatic carbocycles. The molecule has 2 aliphatic heterocycles. The lowest BCUT2D eigenvalue weighted by Gasteiger charge is -2.20. The van der Waals surface area contributed by atoms with Gasteiger partial charge in [-0.2, -0.15) is 0 Å². The Labute approximate surface area is 102 Å². The number of aromatic nitrogens is 1. The highest BCUT2D eigenvalue weighted by atomic mass is 16.5. The fraction of sp³-hybridized carbons (Fsp3) is 0.769. The maximum atomic E-state index is 5.71. The van der Waals surface area contributed by atoms with E-state index in [-0.39, 0.29) is 6.10 Å². The van der Waals surface area contributed by atoms with Gasteiger partial charge in [0.2, 0.25) is 0 Å². The van der Waals surface area contributed by atoms with Crippen LogP contribution in [0.5, 0.6) is 0 Å². The van der Waals surface area contributed by atoms with E-state index in [0.29, 0.717) is 6.04 Å². The molecule has 2 fully saturated rings. The molecule has 0 saturated carbocycles. The molecule has 4 nitrogen and oxygen atoms in total. The van der Waals surface area contributed by atoms with Gasteiger partial charge < -0.3 is 14.5 Å². The molecule has 3 rings (SSSR count). The lowest BCUT2D eigenvalue weighted by atomic mass is 10.1. The summed E-state index contributed by atoms with van der Waals surface area (Å²) in [7, 11) is 0. The smallest absolute Gasteiger partial charge is 0.195 e. The second kappa shape index (κ2) is 5.19. The van der Waals surface area contributed by atoms with Crippen molar-refractivity contribution in [1.29, 1.82) is 0 Å². The Kier molecular flexibility index (Phi) is 3.43. The Bertz CT molecular complexity index is 352. The Balaban J connectivity index is 1.60. The molecule has 0 spiro atoms. The fourth-order valence-electron chi connectivity index (χ4n) is 2.68. The van der Waals surface area contributed by atoms with Crippen molar-refractivity contribution >= 4 is 0 Å². The zero-order valence-corrected chi connectivity index (χ0v) is 10.2. The zero-order valence-electron chi connectivity index (χ0n) is 10.2. The van der Waals surface area contributed by atoms with Crippen LogP contribution in [-0.4, -0.2) is 24.2 Å². The topological polar surface area (TPSA) is 47.3 Å². The van der Waals surface area contributed by atoms with Crippen molar-refractivity contribution in [2.24, 2.45) is 0 Å². The average molecular weight is 236 g/mol. The van der Waals surface area contributed by atoms with Crippen LogP contribution in [-0.2, 0) is 11.2 Å². The van der Waals surface area contributed by atoms with Gasteiger partial charge in [-0.05, 0) is 38.6 Å². The van der Waals surface area contributed by atoms with E-state index < -0.39 is 0 Å². The summed E-state index contributed by atoms with van der Waals surface area (Å²) >= 11 is 0. The molecule has 4 heteroatoms. The summed E-state index contributed by atoms with van der Waals surface area (Å²) in [6, 6.07) is 0.550. The van der Waals surface area contributed by atoms with Crippen LogP contribution in [0.1, 0.15) is 49.8 Å². The van der Waals surface area contributed by atoms with Crippen LogP contribution in [0, 0.1) is 0 Å². The molecule has 0 aromatic carbocycles. The van der Waals surface area contributed by atoms with Crippen LogP contribution in [0.25, 0.3) is 0 Å². The van der Waals surface area contributed by atoms with Gasteiger partial charge in [-0.25, -0.2) is 4.98 Å². The molecule has 1 aromatic heterocycles. The lowest BCUT2D eigenvalue weighted by molar-refractivity contribution is 0.0122. The number of nitrogens with one attached hydrogen (secondary N) is 1. The van der Waals surface area contributed by atoms with E-state index in [9.17, 15) is 0 Å². The van der Waals surface area contributed by atoms with Gasteiger partial charge >= 0.3 is 0 Å².